The molecule has 0 amide bonds. The molecule has 0 bridgehead atoms. The molecule has 0 spiro atoms. The Morgan fingerprint density at radius 1 is 0.964 bits per heavy atom. The number of likely N-dealkylation sites (tertiary alicyclic amines) is 2. The molecule has 2 saturated heterocycles. The second-order valence-corrected chi connectivity index (χ2v) is 8.41. The molecule has 0 aromatic carbocycles. The minimum Gasteiger partial charge on any atom is -0.381 e. The average Bonchev–Trinajstić information content (AvgIpc) is 3.16. The van der Waals surface area contributed by atoms with E-state index < -0.39 is 0 Å². The van der Waals surface area contributed by atoms with Crippen molar-refractivity contribution >= 4 is 0 Å². The van der Waals surface area contributed by atoms with Gasteiger partial charge in [-0.1, -0.05) is 13.8 Å². The first kappa shape index (κ1) is 21.8. The van der Waals surface area contributed by atoms with Crippen LogP contribution in [0.5, 0.6) is 0 Å². The largest absolute Gasteiger partial charge is 0.381 e. The molecule has 1 aliphatic carbocycles. The van der Waals surface area contributed by atoms with Crippen LogP contribution in [0.15, 0.2) is 12.5 Å². The van der Waals surface area contributed by atoms with E-state index in [1.165, 1.54) is 31.6 Å². The van der Waals surface area contributed by atoms with Crippen molar-refractivity contribution < 1.29 is 9.47 Å². The molecule has 3 heterocycles. The Balaban J connectivity index is 0.00000109. The van der Waals surface area contributed by atoms with Gasteiger partial charge in [-0.15, -0.1) is 0 Å². The lowest BCUT2D eigenvalue weighted by molar-refractivity contribution is -0.126. The zero-order valence-electron chi connectivity index (χ0n) is 18.3. The van der Waals surface area contributed by atoms with E-state index in [0.29, 0.717) is 24.4 Å². The van der Waals surface area contributed by atoms with E-state index in [4.69, 9.17) is 9.47 Å². The SMILES string of the molecule is CC.COC1CC(OC2CCN(Cc3cn(C4CCN(C)CC4)cn3)CC2)C1. The minimum atomic E-state index is 0.430. The normalized spacial score (nSPS) is 27.9. The topological polar surface area (TPSA) is 42.8 Å². The minimum absolute atomic E-state index is 0.430. The smallest absolute Gasteiger partial charge is 0.0952 e. The predicted molar refractivity (Wildman–Crippen MR) is 113 cm³/mol. The Morgan fingerprint density at radius 2 is 1.64 bits per heavy atom. The highest BCUT2D eigenvalue weighted by Gasteiger charge is 2.33. The molecule has 3 fully saturated rings. The van der Waals surface area contributed by atoms with E-state index in [0.717, 1.165) is 45.3 Å². The van der Waals surface area contributed by atoms with Gasteiger partial charge >= 0.3 is 0 Å². The van der Waals surface area contributed by atoms with Gasteiger partial charge < -0.3 is 18.9 Å². The highest BCUT2D eigenvalue weighted by molar-refractivity contribution is 4.99. The van der Waals surface area contributed by atoms with Gasteiger partial charge in [0.25, 0.3) is 0 Å². The monoisotopic (exact) mass is 392 g/mol. The maximum atomic E-state index is 6.22. The number of rotatable bonds is 6. The summed E-state index contributed by atoms with van der Waals surface area (Å²) in [6.45, 7) is 9.59. The second kappa shape index (κ2) is 10.7. The Bertz CT molecular complexity index is 557. The first-order valence-corrected chi connectivity index (χ1v) is 11.3. The summed E-state index contributed by atoms with van der Waals surface area (Å²) >= 11 is 0. The fourth-order valence-electron chi connectivity index (χ4n) is 4.48. The van der Waals surface area contributed by atoms with Gasteiger partial charge in [0.2, 0.25) is 0 Å². The predicted octanol–water partition coefficient (Wildman–Crippen LogP) is 3.33. The number of ether oxygens (including phenoxy) is 2. The van der Waals surface area contributed by atoms with E-state index in [1.54, 1.807) is 7.11 Å². The van der Waals surface area contributed by atoms with Gasteiger partial charge in [0.05, 0.1) is 30.3 Å². The van der Waals surface area contributed by atoms with Crippen LogP contribution in [0.1, 0.15) is 64.1 Å². The molecule has 160 valence electrons. The first-order valence-electron chi connectivity index (χ1n) is 11.3. The van der Waals surface area contributed by atoms with Gasteiger partial charge in [-0.05, 0) is 58.7 Å². The quantitative estimate of drug-likeness (QED) is 0.743. The van der Waals surface area contributed by atoms with Crippen LogP contribution in [0.3, 0.4) is 0 Å². The molecule has 0 N–H and O–H groups in total. The van der Waals surface area contributed by atoms with Crippen molar-refractivity contribution in [3.8, 4) is 0 Å². The lowest BCUT2D eigenvalue weighted by Crippen LogP contribution is -2.43. The maximum absolute atomic E-state index is 6.22. The molecule has 1 saturated carbocycles. The molecule has 2 aliphatic heterocycles. The van der Waals surface area contributed by atoms with Crippen molar-refractivity contribution in [2.75, 3.05) is 40.3 Å². The summed E-state index contributed by atoms with van der Waals surface area (Å²) in [5.41, 5.74) is 1.21. The van der Waals surface area contributed by atoms with Gasteiger partial charge in [0, 0.05) is 39.0 Å². The summed E-state index contributed by atoms with van der Waals surface area (Å²) in [5, 5.41) is 0. The fourth-order valence-corrected chi connectivity index (χ4v) is 4.48. The summed E-state index contributed by atoms with van der Waals surface area (Å²) in [6, 6.07) is 0.630. The second-order valence-electron chi connectivity index (χ2n) is 8.41. The number of imidazole rings is 1. The van der Waals surface area contributed by atoms with Crippen molar-refractivity contribution in [2.45, 2.75) is 83.3 Å². The van der Waals surface area contributed by atoms with Crippen LogP contribution in [0, 0.1) is 0 Å². The molecule has 0 radical (unpaired) electrons. The van der Waals surface area contributed by atoms with Gasteiger partial charge in [-0.3, -0.25) is 4.90 Å². The molecule has 6 nitrogen and oxygen atoms in total. The number of methoxy groups -OCH3 is 1. The van der Waals surface area contributed by atoms with Gasteiger partial charge in [0.15, 0.2) is 0 Å². The zero-order valence-corrected chi connectivity index (χ0v) is 18.3. The van der Waals surface area contributed by atoms with E-state index in [9.17, 15) is 0 Å². The molecule has 6 heteroatoms. The number of hydrogen-bond acceptors (Lipinski definition) is 5. The van der Waals surface area contributed by atoms with Crippen LogP contribution >= 0.6 is 0 Å². The van der Waals surface area contributed by atoms with Crippen LogP contribution in [-0.2, 0) is 16.0 Å². The molecule has 4 rings (SSSR count). The fraction of sp³-hybridized carbons (Fsp3) is 0.864. The molecule has 28 heavy (non-hydrogen) atoms. The number of piperidine rings is 2. The molecule has 0 unspecified atom stereocenters. The first-order chi connectivity index (χ1) is 13.7. The van der Waals surface area contributed by atoms with Crippen molar-refractivity contribution in [3.05, 3.63) is 18.2 Å². The summed E-state index contributed by atoms with van der Waals surface area (Å²) < 4.78 is 13.9. The van der Waals surface area contributed by atoms with E-state index in [1.807, 2.05) is 20.2 Å². The molecule has 1 aromatic heterocycles. The maximum Gasteiger partial charge on any atom is 0.0952 e. The zero-order chi connectivity index (χ0) is 19.9. The molecule has 0 atom stereocenters. The third-order valence-electron chi connectivity index (χ3n) is 6.45. The van der Waals surface area contributed by atoms with Crippen molar-refractivity contribution in [1.29, 1.82) is 0 Å². The van der Waals surface area contributed by atoms with Gasteiger partial charge in [0.1, 0.15) is 0 Å². The molecular weight excluding hydrogens is 352 g/mol. The van der Waals surface area contributed by atoms with Gasteiger partial charge in [-0.25, -0.2) is 4.98 Å². The lowest BCUT2D eigenvalue weighted by atomic mass is 9.91. The lowest BCUT2D eigenvalue weighted by Gasteiger charge is -2.39. The molecule has 1 aromatic rings. The van der Waals surface area contributed by atoms with Crippen LogP contribution in [-0.4, -0.2) is 78.0 Å². The summed E-state index contributed by atoms with van der Waals surface area (Å²) in [5.74, 6) is 0. The van der Waals surface area contributed by atoms with Crippen LogP contribution < -0.4 is 0 Å². The number of nitrogens with zero attached hydrogens (tertiary/aromatic N) is 4. The highest BCUT2D eigenvalue weighted by atomic mass is 16.5. The summed E-state index contributed by atoms with van der Waals surface area (Å²) in [6.07, 6.45) is 12.5. The Kier molecular flexibility index (Phi) is 8.33. The third kappa shape index (κ3) is 5.78. The van der Waals surface area contributed by atoms with Crippen LogP contribution in [0.25, 0.3) is 0 Å². The number of hydrogen-bond donors (Lipinski definition) is 0. The average molecular weight is 393 g/mol. The van der Waals surface area contributed by atoms with E-state index in [2.05, 4.69) is 32.6 Å². The van der Waals surface area contributed by atoms with Crippen molar-refractivity contribution in [2.24, 2.45) is 0 Å². The molecule has 3 aliphatic rings. The van der Waals surface area contributed by atoms with Crippen LogP contribution in [0.4, 0.5) is 0 Å². The van der Waals surface area contributed by atoms with E-state index in [-0.39, 0.29) is 0 Å². The van der Waals surface area contributed by atoms with Gasteiger partial charge in [-0.2, -0.15) is 0 Å². The van der Waals surface area contributed by atoms with Crippen LogP contribution in [0.2, 0.25) is 0 Å². The third-order valence-corrected chi connectivity index (χ3v) is 6.45. The standard InChI is InChI=1S/C20H34N4O2.C2H6/c1-22-7-3-17(4-8-22)24-14-16(21-15-24)13-23-9-5-18(6-10-23)26-20-11-19(12-20)25-2;1-2/h14-15,17-20H,3-13H2,1-2H3;1-2H3. The van der Waals surface area contributed by atoms with E-state index >= 15 is 0 Å². The van der Waals surface area contributed by atoms with Crippen molar-refractivity contribution in [1.82, 2.24) is 19.4 Å². The Morgan fingerprint density at radius 3 is 2.29 bits per heavy atom. The number of aromatic nitrogens is 2. The Labute approximate surface area is 171 Å². The summed E-state index contributed by atoms with van der Waals surface area (Å²) in [4.78, 5) is 9.62. The summed E-state index contributed by atoms with van der Waals surface area (Å²) in [7, 11) is 4.01. The molecular formula is C22H40N4O2. The van der Waals surface area contributed by atoms with Crippen molar-refractivity contribution in [3.63, 3.8) is 0 Å². The Hall–Kier alpha value is -0.950. The highest BCUT2D eigenvalue weighted by Crippen LogP contribution is 2.29.